The van der Waals surface area contributed by atoms with Gasteiger partial charge in [0.05, 0.1) is 17.1 Å². The van der Waals surface area contributed by atoms with Gasteiger partial charge >= 0.3 is 5.97 Å². The summed E-state index contributed by atoms with van der Waals surface area (Å²) in [5.74, 6) is -3.22. The lowest BCUT2D eigenvalue weighted by atomic mass is 10.2. The molecule has 0 atom stereocenters. The van der Waals surface area contributed by atoms with Crippen molar-refractivity contribution in [3.05, 3.63) is 64.7 Å². The zero-order chi connectivity index (χ0) is 19.1. The van der Waals surface area contributed by atoms with Gasteiger partial charge in [-0.25, -0.2) is 13.6 Å². The van der Waals surface area contributed by atoms with Crippen molar-refractivity contribution in [1.29, 1.82) is 0 Å². The van der Waals surface area contributed by atoms with Gasteiger partial charge in [0.1, 0.15) is 11.6 Å². The van der Waals surface area contributed by atoms with Crippen LogP contribution in [0.3, 0.4) is 0 Å². The maximum Gasteiger partial charge on any atom is 0.340 e. The Bertz CT molecular complexity index is 828. The predicted octanol–water partition coefficient (Wildman–Crippen LogP) is 2.53. The molecule has 0 bridgehead atoms. The van der Waals surface area contributed by atoms with Crippen molar-refractivity contribution in [3.63, 3.8) is 0 Å². The molecule has 0 aromatic heterocycles. The van der Waals surface area contributed by atoms with E-state index in [2.05, 4.69) is 10.6 Å². The van der Waals surface area contributed by atoms with Gasteiger partial charge in [0.25, 0.3) is 5.91 Å². The summed E-state index contributed by atoms with van der Waals surface area (Å²) < 4.78 is 30.4. The van der Waals surface area contributed by atoms with Crippen LogP contribution in [0, 0.1) is 11.6 Å². The molecule has 2 rings (SSSR count). The van der Waals surface area contributed by atoms with E-state index in [1.165, 1.54) is 24.3 Å². The first-order chi connectivity index (χ1) is 12.3. The molecule has 9 heteroatoms. The molecule has 0 aliphatic heterocycles. The summed E-state index contributed by atoms with van der Waals surface area (Å²) in [7, 11) is 0. The molecule has 0 heterocycles. The molecule has 2 aromatic carbocycles. The van der Waals surface area contributed by atoms with Gasteiger partial charge in [-0.05, 0) is 42.5 Å². The normalized spacial score (nSPS) is 10.1. The highest BCUT2D eigenvalue weighted by atomic mass is 35.5. The molecular weight excluding hydrogens is 370 g/mol. The number of carbonyl (C=O) groups excluding carboxylic acids is 3. The smallest absolute Gasteiger partial charge is 0.340 e. The fourth-order valence-electron chi connectivity index (χ4n) is 1.83. The van der Waals surface area contributed by atoms with Crippen LogP contribution in [0.1, 0.15) is 10.4 Å². The van der Waals surface area contributed by atoms with E-state index in [9.17, 15) is 23.2 Å². The zero-order valence-corrected chi connectivity index (χ0v) is 14.0. The Kier molecular flexibility index (Phi) is 6.62. The van der Waals surface area contributed by atoms with Crippen molar-refractivity contribution < 1.29 is 27.9 Å². The molecular formula is C17H13ClF2N2O4. The Hall–Kier alpha value is -3.00. The van der Waals surface area contributed by atoms with Crippen LogP contribution in [-0.2, 0) is 14.3 Å². The topological polar surface area (TPSA) is 84.5 Å². The summed E-state index contributed by atoms with van der Waals surface area (Å²) >= 11 is 5.71. The molecule has 26 heavy (non-hydrogen) atoms. The second-order valence-electron chi connectivity index (χ2n) is 5.03. The second-order valence-corrected chi connectivity index (χ2v) is 5.44. The van der Waals surface area contributed by atoms with Gasteiger partial charge < -0.3 is 15.4 Å². The number of halogens is 3. The maximum atomic E-state index is 12.9. The van der Waals surface area contributed by atoms with E-state index in [1.54, 1.807) is 0 Å². The van der Waals surface area contributed by atoms with Crippen LogP contribution in [0.25, 0.3) is 0 Å². The molecule has 2 amide bonds. The van der Waals surface area contributed by atoms with E-state index in [1.807, 2.05) is 0 Å². The van der Waals surface area contributed by atoms with Gasteiger partial charge in [-0.2, -0.15) is 0 Å². The number of hydrogen-bond donors (Lipinski definition) is 2. The fourth-order valence-corrected chi connectivity index (χ4v) is 2.08. The highest BCUT2D eigenvalue weighted by Gasteiger charge is 2.14. The SMILES string of the molecule is O=C(COC(=O)c1ccc(F)cc1Cl)NCC(=O)Nc1ccc(F)cc1. The largest absolute Gasteiger partial charge is 0.452 e. The van der Waals surface area contributed by atoms with Gasteiger partial charge in [-0.1, -0.05) is 11.6 Å². The maximum absolute atomic E-state index is 12.9. The summed E-state index contributed by atoms with van der Waals surface area (Å²) in [6.07, 6.45) is 0. The molecule has 0 fully saturated rings. The first-order valence-electron chi connectivity index (χ1n) is 7.29. The third-order valence-corrected chi connectivity index (χ3v) is 3.37. The van der Waals surface area contributed by atoms with Crippen molar-refractivity contribution in [2.75, 3.05) is 18.5 Å². The highest BCUT2D eigenvalue weighted by Crippen LogP contribution is 2.18. The number of esters is 1. The summed E-state index contributed by atoms with van der Waals surface area (Å²) in [6.45, 7) is -1.01. The lowest BCUT2D eigenvalue weighted by Crippen LogP contribution is -2.35. The van der Waals surface area contributed by atoms with E-state index in [0.29, 0.717) is 5.69 Å². The Morgan fingerprint density at radius 2 is 1.62 bits per heavy atom. The molecule has 0 aliphatic rings. The molecule has 0 saturated heterocycles. The minimum absolute atomic E-state index is 0.0880. The standard InChI is InChI=1S/C17H13ClF2N2O4/c18-14-7-11(20)3-6-13(14)17(25)26-9-16(24)21-8-15(23)22-12-4-1-10(19)2-5-12/h1-7H,8-9H2,(H,21,24)(H,22,23). The van der Waals surface area contributed by atoms with Gasteiger partial charge in [-0.15, -0.1) is 0 Å². The van der Waals surface area contributed by atoms with Crippen LogP contribution in [0.15, 0.2) is 42.5 Å². The van der Waals surface area contributed by atoms with Crippen LogP contribution in [0.4, 0.5) is 14.5 Å². The molecule has 2 N–H and O–H groups in total. The summed E-state index contributed by atoms with van der Waals surface area (Å²) in [4.78, 5) is 35.0. The van der Waals surface area contributed by atoms with Crippen molar-refractivity contribution in [2.45, 2.75) is 0 Å². The third-order valence-electron chi connectivity index (χ3n) is 3.06. The first-order valence-corrected chi connectivity index (χ1v) is 7.67. The summed E-state index contributed by atoms with van der Waals surface area (Å²) in [5, 5.41) is 4.55. The average molecular weight is 383 g/mol. The van der Waals surface area contributed by atoms with Crippen LogP contribution >= 0.6 is 11.6 Å². The molecule has 2 aromatic rings. The van der Waals surface area contributed by atoms with E-state index in [0.717, 1.165) is 18.2 Å². The molecule has 0 unspecified atom stereocenters. The lowest BCUT2D eigenvalue weighted by Gasteiger charge is -2.08. The fraction of sp³-hybridized carbons (Fsp3) is 0.118. The Morgan fingerprint density at radius 3 is 2.27 bits per heavy atom. The van der Waals surface area contributed by atoms with Crippen molar-refractivity contribution >= 4 is 35.1 Å². The monoisotopic (exact) mass is 382 g/mol. The quantitative estimate of drug-likeness (QED) is 0.752. The van der Waals surface area contributed by atoms with Crippen LogP contribution in [-0.4, -0.2) is 30.9 Å². The Balaban J connectivity index is 1.75. The lowest BCUT2D eigenvalue weighted by molar-refractivity contribution is -0.126. The van der Waals surface area contributed by atoms with Crippen LogP contribution in [0.2, 0.25) is 5.02 Å². The minimum atomic E-state index is -0.902. The van der Waals surface area contributed by atoms with Gasteiger partial charge in [0.2, 0.25) is 5.91 Å². The molecule has 0 saturated carbocycles. The summed E-state index contributed by atoms with van der Waals surface area (Å²) in [5.41, 5.74) is 0.276. The molecule has 0 aliphatic carbocycles. The van der Waals surface area contributed by atoms with Crippen LogP contribution < -0.4 is 10.6 Å². The van der Waals surface area contributed by atoms with Crippen molar-refractivity contribution in [1.82, 2.24) is 5.32 Å². The van der Waals surface area contributed by atoms with Gasteiger partial charge in [0, 0.05) is 5.69 Å². The third kappa shape index (κ3) is 5.82. The highest BCUT2D eigenvalue weighted by molar-refractivity contribution is 6.33. The van der Waals surface area contributed by atoms with Crippen molar-refractivity contribution in [2.24, 2.45) is 0 Å². The van der Waals surface area contributed by atoms with E-state index < -0.39 is 36.0 Å². The van der Waals surface area contributed by atoms with Gasteiger partial charge in [-0.3, -0.25) is 9.59 Å². The summed E-state index contributed by atoms with van der Waals surface area (Å²) in [6, 6.07) is 8.18. The minimum Gasteiger partial charge on any atom is -0.452 e. The molecule has 136 valence electrons. The molecule has 0 spiro atoms. The number of amides is 2. The first kappa shape index (κ1) is 19.3. The number of nitrogens with one attached hydrogen (secondary N) is 2. The van der Waals surface area contributed by atoms with Gasteiger partial charge in [0.15, 0.2) is 6.61 Å². The number of hydrogen-bond acceptors (Lipinski definition) is 4. The Morgan fingerprint density at radius 1 is 0.962 bits per heavy atom. The molecule has 6 nitrogen and oxygen atoms in total. The second kappa shape index (κ2) is 8.91. The number of anilines is 1. The van der Waals surface area contributed by atoms with Crippen LogP contribution in [0.5, 0.6) is 0 Å². The number of benzene rings is 2. The Labute approximate surface area is 152 Å². The predicted molar refractivity (Wildman–Crippen MR) is 89.7 cm³/mol. The zero-order valence-electron chi connectivity index (χ0n) is 13.2. The number of carbonyl (C=O) groups is 3. The number of ether oxygens (including phenoxy) is 1. The van der Waals surface area contributed by atoms with E-state index in [4.69, 9.17) is 16.3 Å². The number of rotatable bonds is 6. The molecule has 0 radical (unpaired) electrons. The van der Waals surface area contributed by atoms with E-state index >= 15 is 0 Å². The van der Waals surface area contributed by atoms with Crippen molar-refractivity contribution in [3.8, 4) is 0 Å². The van der Waals surface area contributed by atoms with E-state index in [-0.39, 0.29) is 17.1 Å². The average Bonchev–Trinajstić information content (AvgIpc) is 2.60.